The number of methoxy groups -OCH3 is 1. The molecule has 2 aromatic carbocycles. The van der Waals surface area contributed by atoms with E-state index in [0.717, 1.165) is 5.56 Å². The zero-order valence-electron chi connectivity index (χ0n) is 13.4. The second-order valence-electron chi connectivity index (χ2n) is 5.36. The molecule has 0 atom stereocenters. The molecule has 1 amide bonds. The smallest absolute Gasteiger partial charge is 0.259 e. The molecule has 0 aliphatic carbocycles. The number of ether oxygens (including phenoxy) is 1. The van der Waals surface area contributed by atoms with E-state index in [1.54, 1.807) is 35.1 Å². The molecule has 3 rings (SSSR count). The maximum atomic E-state index is 13.2. The summed E-state index contributed by atoms with van der Waals surface area (Å²) in [5, 5.41) is 7.35. The van der Waals surface area contributed by atoms with Crippen LogP contribution in [-0.2, 0) is 6.54 Å². The zero-order valence-corrected chi connectivity index (χ0v) is 14.1. The van der Waals surface area contributed by atoms with Crippen molar-refractivity contribution < 1.29 is 13.9 Å². The predicted octanol–water partition coefficient (Wildman–Crippen LogP) is 3.98. The van der Waals surface area contributed by atoms with Crippen LogP contribution in [-0.4, -0.2) is 22.8 Å². The summed E-state index contributed by atoms with van der Waals surface area (Å²) in [5.41, 5.74) is 1.62. The average molecular weight is 360 g/mol. The summed E-state index contributed by atoms with van der Waals surface area (Å²) in [5.74, 6) is -0.232. The second-order valence-corrected chi connectivity index (χ2v) is 5.79. The van der Waals surface area contributed by atoms with Gasteiger partial charge in [0.25, 0.3) is 5.91 Å². The Hall–Kier alpha value is -2.86. The van der Waals surface area contributed by atoms with Crippen LogP contribution < -0.4 is 10.1 Å². The number of amides is 1. The van der Waals surface area contributed by atoms with Gasteiger partial charge in [-0.1, -0.05) is 23.7 Å². The van der Waals surface area contributed by atoms with Crippen LogP contribution in [0.4, 0.5) is 10.1 Å². The van der Waals surface area contributed by atoms with Crippen LogP contribution in [0.15, 0.2) is 54.9 Å². The first-order valence-electron chi connectivity index (χ1n) is 7.47. The van der Waals surface area contributed by atoms with Crippen molar-refractivity contribution in [1.29, 1.82) is 0 Å². The first kappa shape index (κ1) is 17.0. The summed E-state index contributed by atoms with van der Waals surface area (Å²) in [6.45, 7) is 0.397. The van der Waals surface area contributed by atoms with Gasteiger partial charge in [-0.2, -0.15) is 5.10 Å². The van der Waals surface area contributed by atoms with Gasteiger partial charge in [0.2, 0.25) is 0 Å². The van der Waals surface area contributed by atoms with E-state index in [1.807, 2.05) is 0 Å². The van der Waals surface area contributed by atoms with E-state index in [0.29, 0.717) is 28.6 Å². The summed E-state index contributed by atoms with van der Waals surface area (Å²) >= 11 is 5.95. The number of anilines is 1. The number of aromatic nitrogens is 2. The molecule has 0 unspecified atom stereocenters. The molecule has 3 aromatic rings. The maximum absolute atomic E-state index is 13.2. The number of carbonyl (C=O) groups excluding carboxylic acids is 1. The summed E-state index contributed by atoms with van der Waals surface area (Å²) < 4.78 is 20.0. The van der Waals surface area contributed by atoms with Gasteiger partial charge in [-0.05, 0) is 35.9 Å². The standard InChI is InChI=1S/C18H15ClFN3O2/c1-25-17-6-5-13(19)8-16(17)18(24)22-15-9-21-23(11-15)10-12-3-2-4-14(20)7-12/h2-9,11H,10H2,1H3,(H,22,24). The summed E-state index contributed by atoms with van der Waals surface area (Å²) in [6, 6.07) is 11.1. The van der Waals surface area contributed by atoms with Crippen molar-refractivity contribution in [3.8, 4) is 5.75 Å². The Morgan fingerprint density at radius 3 is 2.92 bits per heavy atom. The zero-order chi connectivity index (χ0) is 17.8. The van der Waals surface area contributed by atoms with Crippen LogP contribution >= 0.6 is 11.6 Å². The van der Waals surface area contributed by atoms with Gasteiger partial charge >= 0.3 is 0 Å². The van der Waals surface area contributed by atoms with Crippen LogP contribution in [0.5, 0.6) is 5.75 Å². The summed E-state index contributed by atoms with van der Waals surface area (Å²) in [6.07, 6.45) is 3.19. The van der Waals surface area contributed by atoms with E-state index in [-0.39, 0.29) is 11.7 Å². The molecule has 0 bridgehead atoms. The Balaban J connectivity index is 1.73. The fourth-order valence-corrected chi connectivity index (χ4v) is 2.57. The largest absolute Gasteiger partial charge is 0.496 e. The molecular weight excluding hydrogens is 345 g/mol. The molecule has 128 valence electrons. The summed E-state index contributed by atoms with van der Waals surface area (Å²) in [4.78, 5) is 12.4. The Bertz CT molecular complexity index is 911. The van der Waals surface area contributed by atoms with E-state index < -0.39 is 0 Å². The number of hydrogen-bond donors (Lipinski definition) is 1. The fraction of sp³-hybridized carbons (Fsp3) is 0.111. The van der Waals surface area contributed by atoms with Crippen LogP contribution in [0.1, 0.15) is 15.9 Å². The van der Waals surface area contributed by atoms with Crippen molar-refractivity contribution in [3.63, 3.8) is 0 Å². The molecule has 25 heavy (non-hydrogen) atoms. The van der Waals surface area contributed by atoms with Gasteiger partial charge in [-0.25, -0.2) is 4.39 Å². The molecule has 0 saturated heterocycles. The van der Waals surface area contributed by atoms with Crippen LogP contribution in [0.25, 0.3) is 0 Å². The van der Waals surface area contributed by atoms with Gasteiger partial charge in [0.1, 0.15) is 11.6 Å². The van der Waals surface area contributed by atoms with Gasteiger partial charge in [0.05, 0.1) is 31.1 Å². The van der Waals surface area contributed by atoms with Crippen molar-refractivity contribution in [1.82, 2.24) is 9.78 Å². The lowest BCUT2D eigenvalue weighted by molar-refractivity contribution is 0.102. The minimum Gasteiger partial charge on any atom is -0.496 e. The molecule has 5 nitrogen and oxygen atoms in total. The average Bonchev–Trinajstić information content (AvgIpc) is 3.01. The normalized spacial score (nSPS) is 10.5. The fourth-order valence-electron chi connectivity index (χ4n) is 2.39. The molecule has 1 heterocycles. The van der Waals surface area contributed by atoms with Gasteiger partial charge in [0, 0.05) is 11.2 Å². The molecular formula is C18H15ClFN3O2. The Labute approximate surface area is 149 Å². The van der Waals surface area contributed by atoms with Crippen LogP contribution in [0.2, 0.25) is 5.02 Å². The van der Waals surface area contributed by atoms with E-state index in [4.69, 9.17) is 16.3 Å². The van der Waals surface area contributed by atoms with Gasteiger partial charge < -0.3 is 10.1 Å². The van der Waals surface area contributed by atoms with E-state index in [2.05, 4.69) is 10.4 Å². The number of nitrogens with one attached hydrogen (secondary N) is 1. The van der Waals surface area contributed by atoms with Crippen molar-refractivity contribution in [2.75, 3.05) is 12.4 Å². The first-order chi connectivity index (χ1) is 12.0. The number of benzene rings is 2. The quantitative estimate of drug-likeness (QED) is 0.749. The molecule has 1 N–H and O–H groups in total. The third-order valence-electron chi connectivity index (χ3n) is 3.53. The molecule has 0 fully saturated rings. The van der Waals surface area contributed by atoms with Crippen LogP contribution in [0, 0.1) is 5.82 Å². The summed E-state index contributed by atoms with van der Waals surface area (Å²) in [7, 11) is 1.48. The molecule has 0 spiro atoms. The van der Waals surface area contributed by atoms with Crippen molar-refractivity contribution >= 4 is 23.2 Å². The molecule has 0 saturated carbocycles. The van der Waals surface area contributed by atoms with E-state index in [9.17, 15) is 9.18 Å². The number of nitrogens with zero attached hydrogens (tertiary/aromatic N) is 2. The third kappa shape index (κ3) is 4.16. The third-order valence-corrected chi connectivity index (χ3v) is 3.77. The highest BCUT2D eigenvalue weighted by Crippen LogP contribution is 2.23. The van der Waals surface area contributed by atoms with Gasteiger partial charge in [-0.15, -0.1) is 0 Å². The minimum atomic E-state index is -0.357. The Morgan fingerprint density at radius 1 is 1.32 bits per heavy atom. The van der Waals surface area contributed by atoms with Crippen LogP contribution in [0.3, 0.4) is 0 Å². The predicted molar refractivity (Wildman–Crippen MR) is 93.7 cm³/mol. The first-order valence-corrected chi connectivity index (χ1v) is 7.85. The molecule has 0 aliphatic rings. The minimum absolute atomic E-state index is 0.300. The molecule has 0 radical (unpaired) electrons. The number of halogens is 2. The number of hydrogen-bond acceptors (Lipinski definition) is 3. The lowest BCUT2D eigenvalue weighted by Gasteiger charge is -2.08. The monoisotopic (exact) mass is 359 g/mol. The molecule has 7 heteroatoms. The van der Waals surface area contributed by atoms with Gasteiger partial charge in [-0.3, -0.25) is 9.48 Å². The highest BCUT2D eigenvalue weighted by molar-refractivity contribution is 6.31. The van der Waals surface area contributed by atoms with Crippen molar-refractivity contribution in [2.24, 2.45) is 0 Å². The Morgan fingerprint density at radius 2 is 2.16 bits per heavy atom. The SMILES string of the molecule is COc1ccc(Cl)cc1C(=O)Nc1cnn(Cc2cccc(F)c2)c1. The van der Waals surface area contributed by atoms with E-state index >= 15 is 0 Å². The topological polar surface area (TPSA) is 56.1 Å². The van der Waals surface area contributed by atoms with E-state index in [1.165, 1.54) is 31.5 Å². The highest BCUT2D eigenvalue weighted by atomic mass is 35.5. The second kappa shape index (κ2) is 7.36. The molecule has 0 aliphatic heterocycles. The lowest BCUT2D eigenvalue weighted by Crippen LogP contribution is -2.12. The number of carbonyl (C=O) groups is 1. The lowest BCUT2D eigenvalue weighted by atomic mass is 10.2. The maximum Gasteiger partial charge on any atom is 0.259 e. The Kier molecular flexibility index (Phi) is 5.00. The van der Waals surface area contributed by atoms with Crippen molar-refractivity contribution in [2.45, 2.75) is 6.54 Å². The molecule has 1 aromatic heterocycles. The highest BCUT2D eigenvalue weighted by Gasteiger charge is 2.14. The number of rotatable bonds is 5. The van der Waals surface area contributed by atoms with Gasteiger partial charge in [0.15, 0.2) is 0 Å². The van der Waals surface area contributed by atoms with Crippen molar-refractivity contribution in [3.05, 3.63) is 76.8 Å².